The third-order valence-corrected chi connectivity index (χ3v) is 6.61. The summed E-state index contributed by atoms with van der Waals surface area (Å²) in [5.41, 5.74) is 5.43. The molecule has 0 heterocycles. The van der Waals surface area contributed by atoms with Crippen molar-refractivity contribution < 1.29 is 14.4 Å². The molecule has 1 aliphatic carbocycles. The Hall–Kier alpha value is -2.51. The number of hydrogen-bond donors (Lipinski definition) is 3. The number of nitrogens with one attached hydrogen (secondary N) is 3. The molecular weight excluding hydrogens is 434 g/mol. The molecule has 0 unspecified atom stereocenters. The summed E-state index contributed by atoms with van der Waals surface area (Å²) in [4.78, 5) is 37.7. The van der Waals surface area contributed by atoms with Gasteiger partial charge in [-0.25, -0.2) is 0 Å². The lowest BCUT2D eigenvalue weighted by Gasteiger charge is -2.21. The summed E-state index contributed by atoms with van der Waals surface area (Å²) in [6, 6.07) is 13.6. The van der Waals surface area contributed by atoms with Gasteiger partial charge in [0.15, 0.2) is 0 Å². The largest absolute Gasteiger partial charge is 0.355 e. The van der Waals surface area contributed by atoms with Crippen LogP contribution in [0.25, 0.3) is 0 Å². The molecule has 6 nitrogen and oxygen atoms in total. The molecule has 3 amide bonds. The molecule has 0 bridgehead atoms. The fraction of sp³-hybridized carbons (Fsp3) is 0.348. The van der Waals surface area contributed by atoms with E-state index in [0.29, 0.717) is 21.4 Å². The lowest BCUT2D eigenvalue weighted by molar-refractivity contribution is -0.118. The van der Waals surface area contributed by atoms with Crippen LogP contribution in [0.15, 0.2) is 53.4 Å². The lowest BCUT2D eigenvalue weighted by atomic mass is 9.89. The molecule has 3 rings (SSSR count). The van der Waals surface area contributed by atoms with E-state index >= 15 is 0 Å². The first kappa shape index (κ1) is 23.2. The van der Waals surface area contributed by atoms with Crippen molar-refractivity contribution in [2.45, 2.75) is 37.0 Å². The van der Waals surface area contributed by atoms with Crippen molar-refractivity contribution in [2.24, 2.45) is 5.92 Å². The van der Waals surface area contributed by atoms with E-state index in [0.717, 1.165) is 6.54 Å². The fourth-order valence-electron chi connectivity index (χ4n) is 3.52. The fourth-order valence-corrected chi connectivity index (χ4v) is 4.62. The molecular formula is C23H26ClN3O3S. The minimum atomic E-state index is -0.508. The monoisotopic (exact) mass is 459 g/mol. The molecule has 31 heavy (non-hydrogen) atoms. The topological polar surface area (TPSA) is 87.3 Å². The van der Waals surface area contributed by atoms with E-state index in [4.69, 9.17) is 11.6 Å². The van der Waals surface area contributed by atoms with E-state index in [-0.39, 0.29) is 17.2 Å². The van der Waals surface area contributed by atoms with Gasteiger partial charge in [0.25, 0.3) is 11.8 Å². The Morgan fingerprint density at radius 1 is 0.871 bits per heavy atom. The average Bonchev–Trinajstić information content (AvgIpc) is 2.80. The van der Waals surface area contributed by atoms with E-state index < -0.39 is 11.8 Å². The maximum absolute atomic E-state index is 12.6. The Morgan fingerprint density at radius 3 is 2.19 bits per heavy atom. The molecule has 0 aliphatic heterocycles. The number of halogens is 1. The van der Waals surface area contributed by atoms with Gasteiger partial charge < -0.3 is 5.32 Å². The Labute approximate surface area is 191 Å². The highest BCUT2D eigenvalue weighted by Crippen LogP contribution is 2.24. The molecule has 0 atom stereocenters. The summed E-state index contributed by atoms with van der Waals surface area (Å²) in [5.74, 6) is -0.221. The van der Waals surface area contributed by atoms with E-state index in [2.05, 4.69) is 16.2 Å². The summed E-state index contributed by atoms with van der Waals surface area (Å²) >= 11 is 7.30. The Bertz CT molecular complexity index is 932. The van der Waals surface area contributed by atoms with Crippen LogP contribution < -0.4 is 16.2 Å². The van der Waals surface area contributed by atoms with Crippen molar-refractivity contribution in [3.05, 3.63) is 64.7 Å². The highest BCUT2D eigenvalue weighted by Gasteiger charge is 2.17. The molecule has 0 spiro atoms. The summed E-state index contributed by atoms with van der Waals surface area (Å²) in [7, 11) is 0. The van der Waals surface area contributed by atoms with Crippen LogP contribution in [0.5, 0.6) is 0 Å². The molecule has 3 N–H and O–H groups in total. The van der Waals surface area contributed by atoms with Crippen LogP contribution in [0, 0.1) is 5.92 Å². The van der Waals surface area contributed by atoms with Gasteiger partial charge >= 0.3 is 0 Å². The number of benzene rings is 2. The molecule has 1 fully saturated rings. The van der Waals surface area contributed by atoms with E-state index in [1.807, 2.05) is 0 Å². The molecule has 1 saturated carbocycles. The van der Waals surface area contributed by atoms with Crippen LogP contribution in [0.3, 0.4) is 0 Å². The van der Waals surface area contributed by atoms with Crippen molar-refractivity contribution in [2.75, 3.05) is 12.3 Å². The zero-order chi connectivity index (χ0) is 22.1. The predicted octanol–water partition coefficient (Wildman–Crippen LogP) is 4.20. The van der Waals surface area contributed by atoms with E-state index in [1.165, 1.54) is 43.9 Å². The third kappa shape index (κ3) is 7.01. The lowest BCUT2D eigenvalue weighted by Crippen LogP contribution is -2.41. The maximum Gasteiger partial charge on any atom is 0.271 e. The van der Waals surface area contributed by atoms with Gasteiger partial charge in [0.05, 0.1) is 21.9 Å². The van der Waals surface area contributed by atoms with Gasteiger partial charge in [0.1, 0.15) is 0 Å². The first-order chi connectivity index (χ1) is 15.0. The average molecular weight is 460 g/mol. The molecule has 164 valence electrons. The van der Waals surface area contributed by atoms with Gasteiger partial charge in [0, 0.05) is 11.4 Å². The second kappa shape index (κ2) is 11.8. The molecule has 1 aliphatic rings. The third-order valence-electron chi connectivity index (χ3n) is 5.21. The SMILES string of the molecule is O=C(CSc1ccccc1C(=O)NNC(=O)c1ccccc1Cl)NCC1CCCCC1. The number of rotatable bonds is 7. The summed E-state index contributed by atoms with van der Waals surface area (Å²) in [6.07, 6.45) is 6.13. The van der Waals surface area contributed by atoms with Gasteiger partial charge in [-0.3, -0.25) is 25.2 Å². The van der Waals surface area contributed by atoms with Crippen molar-refractivity contribution in [1.82, 2.24) is 16.2 Å². The number of amides is 3. The van der Waals surface area contributed by atoms with Crippen LogP contribution in [-0.4, -0.2) is 30.0 Å². The smallest absolute Gasteiger partial charge is 0.271 e. The number of hydrazine groups is 1. The highest BCUT2D eigenvalue weighted by atomic mass is 35.5. The molecule has 0 radical (unpaired) electrons. The van der Waals surface area contributed by atoms with Crippen LogP contribution in [0.1, 0.15) is 52.8 Å². The quantitative estimate of drug-likeness (QED) is 0.427. The molecule has 0 aromatic heterocycles. The van der Waals surface area contributed by atoms with Crippen LogP contribution >= 0.6 is 23.4 Å². The number of thioether (sulfide) groups is 1. The van der Waals surface area contributed by atoms with Crippen molar-refractivity contribution >= 4 is 41.1 Å². The summed E-state index contributed by atoms with van der Waals surface area (Å²) < 4.78 is 0. The Morgan fingerprint density at radius 2 is 1.48 bits per heavy atom. The van der Waals surface area contributed by atoms with Gasteiger partial charge in [-0.15, -0.1) is 11.8 Å². The Kier molecular flexibility index (Phi) is 8.79. The zero-order valence-corrected chi connectivity index (χ0v) is 18.7. The predicted molar refractivity (Wildman–Crippen MR) is 123 cm³/mol. The minimum absolute atomic E-state index is 0.0437. The van der Waals surface area contributed by atoms with Gasteiger partial charge in [-0.05, 0) is 43.0 Å². The van der Waals surface area contributed by atoms with E-state index in [1.54, 1.807) is 48.5 Å². The Balaban J connectivity index is 1.50. The first-order valence-corrected chi connectivity index (χ1v) is 11.7. The number of hydrogen-bond acceptors (Lipinski definition) is 4. The van der Waals surface area contributed by atoms with Crippen LogP contribution in [-0.2, 0) is 4.79 Å². The number of carbonyl (C=O) groups excluding carboxylic acids is 3. The molecule has 0 saturated heterocycles. The van der Waals surface area contributed by atoms with Crippen molar-refractivity contribution in [1.29, 1.82) is 0 Å². The summed E-state index contributed by atoms with van der Waals surface area (Å²) in [6.45, 7) is 0.718. The number of carbonyl (C=O) groups is 3. The standard InChI is InChI=1S/C23H26ClN3O3S/c24-19-12-6-4-10-17(19)22(29)26-27-23(30)18-11-5-7-13-20(18)31-15-21(28)25-14-16-8-2-1-3-9-16/h4-7,10-13,16H,1-3,8-9,14-15H2,(H,25,28)(H,26,29)(H,27,30). The highest BCUT2D eigenvalue weighted by molar-refractivity contribution is 8.00. The molecule has 2 aromatic carbocycles. The molecule has 2 aromatic rings. The first-order valence-electron chi connectivity index (χ1n) is 10.4. The maximum atomic E-state index is 12.6. The second-order valence-corrected chi connectivity index (χ2v) is 8.91. The van der Waals surface area contributed by atoms with E-state index in [9.17, 15) is 14.4 Å². The van der Waals surface area contributed by atoms with Gasteiger partial charge in [0.2, 0.25) is 5.91 Å². The van der Waals surface area contributed by atoms with Crippen LogP contribution in [0.2, 0.25) is 5.02 Å². The second-order valence-electron chi connectivity index (χ2n) is 7.48. The zero-order valence-electron chi connectivity index (χ0n) is 17.2. The van der Waals surface area contributed by atoms with Gasteiger partial charge in [-0.1, -0.05) is 55.1 Å². The normalized spacial score (nSPS) is 14.0. The van der Waals surface area contributed by atoms with Crippen LogP contribution in [0.4, 0.5) is 0 Å². The molecule has 8 heteroatoms. The van der Waals surface area contributed by atoms with Crippen molar-refractivity contribution in [3.8, 4) is 0 Å². The van der Waals surface area contributed by atoms with Crippen molar-refractivity contribution in [3.63, 3.8) is 0 Å². The van der Waals surface area contributed by atoms with Gasteiger partial charge in [-0.2, -0.15) is 0 Å². The summed E-state index contributed by atoms with van der Waals surface area (Å²) in [5, 5.41) is 3.30. The minimum Gasteiger partial charge on any atom is -0.355 e.